The molecule has 1 aromatic carbocycles. The molecule has 4 heteroatoms. The first-order valence-electron chi connectivity index (χ1n) is 5.04. The van der Waals surface area contributed by atoms with Crippen molar-refractivity contribution in [2.75, 3.05) is 5.73 Å². The second-order valence-corrected chi connectivity index (χ2v) is 4.24. The highest BCUT2D eigenvalue weighted by Crippen LogP contribution is 2.13. The fraction of sp³-hybridized carbons (Fsp3) is 0.364. The second-order valence-electron chi connectivity index (χ2n) is 4.24. The van der Waals surface area contributed by atoms with Crippen LogP contribution in [0.3, 0.4) is 0 Å². The van der Waals surface area contributed by atoms with Gasteiger partial charge < -0.3 is 11.5 Å². The van der Waals surface area contributed by atoms with Gasteiger partial charge in [0.2, 0.25) is 0 Å². The molecule has 80 valence electrons. The molecule has 0 amide bonds. The van der Waals surface area contributed by atoms with Crippen LogP contribution in [0.25, 0.3) is 6.08 Å². The number of benzene rings is 1. The number of rotatable bonds is 1. The summed E-state index contributed by atoms with van der Waals surface area (Å²) in [7, 11) is 0. The monoisotopic (exact) mass is 204 g/mol. The summed E-state index contributed by atoms with van der Waals surface area (Å²) >= 11 is 0. The van der Waals surface area contributed by atoms with Crippen LogP contribution in [0.4, 0.5) is 5.69 Å². The van der Waals surface area contributed by atoms with Gasteiger partial charge in [-0.25, -0.2) is 0 Å². The molecule has 0 saturated heterocycles. The Hall–Kier alpha value is -1.55. The van der Waals surface area contributed by atoms with E-state index in [4.69, 9.17) is 11.5 Å². The van der Waals surface area contributed by atoms with Crippen LogP contribution < -0.4 is 27.5 Å². The summed E-state index contributed by atoms with van der Waals surface area (Å²) in [4.78, 5) is 0. The van der Waals surface area contributed by atoms with Crippen molar-refractivity contribution in [2.45, 2.75) is 19.5 Å². The number of para-hydroxylation sites is 1. The molecule has 4 nitrogen and oxygen atoms in total. The number of anilines is 1. The lowest BCUT2D eigenvalue weighted by molar-refractivity contribution is 0.329. The molecule has 15 heavy (non-hydrogen) atoms. The van der Waals surface area contributed by atoms with Gasteiger partial charge in [-0.05, 0) is 18.1 Å². The maximum absolute atomic E-state index is 6.17. The van der Waals surface area contributed by atoms with Crippen LogP contribution in [-0.4, -0.2) is 5.66 Å². The van der Waals surface area contributed by atoms with Crippen LogP contribution in [0, 0.1) is 5.92 Å². The first-order chi connectivity index (χ1) is 7.03. The van der Waals surface area contributed by atoms with E-state index in [0.29, 0.717) is 5.69 Å². The quantitative estimate of drug-likeness (QED) is 0.540. The van der Waals surface area contributed by atoms with Crippen molar-refractivity contribution in [2.24, 2.45) is 16.8 Å². The SMILES string of the molecule is CC(C)C1(N)C=c2cccc(N)c2=NN1. The zero-order chi connectivity index (χ0) is 11.1. The summed E-state index contributed by atoms with van der Waals surface area (Å²) in [6, 6.07) is 5.71. The van der Waals surface area contributed by atoms with Crippen molar-refractivity contribution in [3.8, 4) is 0 Å². The smallest absolute Gasteiger partial charge is 0.124 e. The van der Waals surface area contributed by atoms with Gasteiger partial charge in [-0.15, -0.1) is 0 Å². The van der Waals surface area contributed by atoms with Crippen molar-refractivity contribution < 1.29 is 0 Å². The molecular formula is C11H16N4. The van der Waals surface area contributed by atoms with Crippen LogP contribution >= 0.6 is 0 Å². The highest BCUT2D eigenvalue weighted by atomic mass is 15.4. The minimum atomic E-state index is -0.583. The van der Waals surface area contributed by atoms with E-state index in [1.54, 1.807) is 0 Å². The summed E-state index contributed by atoms with van der Waals surface area (Å²) in [5.74, 6) is 0.260. The lowest BCUT2D eigenvalue weighted by Crippen LogP contribution is -2.58. The number of nitrogens with two attached hydrogens (primary N) is 2. The van der Waals surface area contributed by atoms with Crippen LogP contribution in [0.1, 0.15) is 13.8 Å². The minimum absolute atomic E-state index is 0.260. The molecule has 0 aliphatic carbocycles. The molecule has 0 saturated carbocycles. The maximum Gasteiger partial charge on any atom is 0.124 e. The number of fused-ring (bicyclic) bond motifs is 1. The minimum Gasteiger partial charge on any atom is -0.397 e. The second kappa shape index (κ2) is 3.24. The van der Waals surface area contributed by atoms with E-state index in [-0.39, 0.29) is 5.92 Å². The van der Waals surface area contributed by atoms with E-state index < -0.39 is 5.66 Å². The van der Waals surface area contributed by atoms with Gasteiger partial charge in [0.15, 0.2) is 0 Å². The predicted molar refractivity (Wildman–Crippen MR) is 61.0 cm³/mol. The molecule has 0 aromatic heterocycles. The maximum atomic E-state index is 6.17. The Morgan fingerprint density at radius 3 is 2.80 bits per heavy atom. The normalized spacial score (nSPS) is 23.7. The van der Waals surface area contributed by atoms with Crippen molar-refractivity contribution in [3.63, 3.8) is 0 Å². The molecule has 0 spiro atoms. The number of nitrogens with zero attached hydrogens (tertiary/aromatic N) is 1. The van der Waals surface area contributed by atoms with Gasteiger partial charge in [0, 0.05) is 5.22 Å². The summed E-state index contributed by atoms with van der Waals surface area (Å²) in [5.41, 5.74) is 15.0. The number of hydrogen-bond donors (Lipinski definition) is 3. The first kappa shape index (κ1) is 9.98. The zero-order valence-electron chi connectivity index (χ0n) is 8.99. The summed E-state index contributed by atoms with van der Waals surface area (Å²) in [6.45, 7) is 4.10. The molecule has 2 rings (SSSR count). The van der Waals surface area contributed by atoms with E-state index in [2.05, 4.69) is 24.4 Å². The molecule has 0 radical (unpaired) electrons. The Morgan fingerprint density at radius 2 is 2.13 bits per heavy atom. The van der Waals surface area contributed by atoms with Gasteiger partial charge in [0.05, 0.1) is 5.69 Å². The molecule has 0 fully saturated rings. The number of nitrogen functional groups attached to an aromatic ring is 1. The van der Waals surface area contributed by atoms with Gasteiger partial charge in [-0.2, -0.15) is 5.10 Å². The molecule has 0 bridgehead atoms. The van der Waals surface area contributed by atoms with Crippen LogP contribution in [0.15, 0.2) is 23.3 Å². The van der Waals surface area contributed by atoms with Gasteiger partial charge in [-0.3, -0.25) is 5.43 Å². The molecular weight excluding hydrogens is 188 g/mol. The van der Waals surface area contributed by atoms with E-state index >= 15 is 0 Å². The molecule has 1 aliphatic heterocycles. The molecule has 1 aromatic rings. The van der Waals surface area contributed by atoms with E-state index in [1.807, 2.05) is 24.3 Å². The molecule has 1 aliphatic rings. The Balaban J connectivity index is 2.65. The topological polar surface area (TPSA) is 76.4 Å². The van der Waals surface area contributed by atoms with Gasteiger partial charge in [0.25, 0.3) is 0 Å². The molecule has 5 N–H and O–H groups in total. The first-order valence-corrected chi connectivity index (χ1v) is 5.04. The largest absolute Gasteiger partial charge is 0.397 e. The van der Waals surface area contributed by atoms with E-state index in [9.17, 15) is 0 Å². The van der Waals surface area contributed by atoms with Crippen LogP contribution in [0.2, 0.25) is 0 Å². The zero-order valence-corrected chi connectivity index (χ0v) is 8.99. The summed E-state index contributed by atoms with van der Waals surface area (Å²) in [5, 5.41) is 6.00. The average Bonchev–Trinajstić information content (AvgIpc) is 2.17. The molecule has 1 heterocycles. The Bertz CT molecular complexity index is 492. The van der Waals surface area contributed by atoms with Crippen LogP contribution in [0.5, 0.6) is 0 Å². The van der Waals surface area contributed by atoms with Crippen LogP contribution in [-0.2, 0) is 0 Å². The van der Waals surface area contributed by atoms with Crippen molar-refractivity contribution in [1.82, 2.24) is 5.43 Å². The lowest BCUT2D eigenvalue weighted by Gasteiger charge is -2.31. The summed E-state index contributed by atoms with van der Waals surface area (Å²) in [6.07, 6.45) is 1.98. The number of hydrogen-bond acceptors (Lipinski definition) is 4. The highest BCUT2D eigenvalue weighted by molar-refractivity contribution is 5.45. The lowest BCUT2D eigenvalue weighted by atomic mass is 9.95. The standard InChI is InChI=1S/C11H16N4/c1-7(2)11(13)6-8-4-3-5-9(12)10(8)14-15-11/h3-7,15H,12-13H2,1-2H3. The Morgan fingerprint density at radius 1 is 1.40 bits per heavy atom. The van der Waals surface area contributed by atoms with E-state index in [0.717, 1.165) is 10.6 Å². The predicted octanol–water partition coefficient (Wildman–Crippen LogP) is -0.502. The third kappa shape index (κ3) is 1.57. The molecule has 1 atom stereocenters. The summed E-state index contributed by atoms with van der Waals surface area (Å²) < 4.78 is 0. The van der Waals surface area contributed by atoms with Gasteiger partial charge >= 0.3 is 0 Å². The van der Waals surface area contributed by atoms with Gasteiger partial charge in [0.1, 0.15) is 11.0 Å². The average molecular weight is 204 g/mol. The Kier molecular flexibility index (Phi) is 2.16. The van der Waals surface area contributed by atoms with Gasteiger partial charge in [-0.1, -0.05) is 26.0 Å². The number of nitrogens with one attached hydrogen (secondary N) is 1. The fourth-order valence-corrected chi connectivity index (χ4v) is 1.56. The third-order valence-electron chi connectivity index (χ3n) is 2.81. The van der Waals surface area contributed by atoms with Crippen molar-refractivity contribution in [1.29, 1.82) is 0 Å². The van der Waals surface area contributed by atoms with Crippen molar-refractivity contribution >= 4 is 11.8 Å². The van der Waals surface area contributed by atoms with Crippen molar-refractivity contribution in [3.05, 3.63) is 28.8 Å². The Labute approximate surface area is 88.7 Å². The third-order valence-corrected chi connectivity index (χ3v) is 2.81. The fourth-order valence-electron chi connectivity index (χ4n) is 1.56. The molecule has 1 unspecified atom stereocenters. The highest BCUT2D eigenvalue weighted by Gasteiger charge is 2.27. The van der Waals surface area contributed by atoms with E-state index in [1.165, 1.54) is 0 Å².